The van der Waals surface area contributed by atoms with Gasteiger partial charge in [0.15, 0.2) is 17.3 Å². The molecule has 2 aromatic carbocycles. The number of hydrogen-bond donors (Lipinski definition) is 3. The van der Waals surface area contributed by atoms with Gasteiger partial charge in [-0.25, -0.2) is 19.2 Å². The molecule has 37 heavy (non-hydrogen) atoms. The maximum Gasteiger partial charge on any atom is 0.354 e. The van der Waals surface area contributed by atoms with Gasteiger partial charge in [0, 0.05) is 24.5 Å². The van der Waals surface area contributed by atoms with Crippen molar-refractivity contribution < 1.29 is 23.4 Å². The number of aromatic nitrogens is 2. The molecule has 4 rings (SSSR count). The number of ether oxygens (including phenoxy) is 3. The first-order valence-electron chi connectivity index (χ1n) is 11.9. The van der Waals surface area contributed by atoms with E-state index in [1.807, 2.05) is 0 Å². The van der Waals surface area contributed by atoms with Crippen molar-refractivity contribution in [2.24, 2.45) is 5.73 Å². The molecule has 1 aromatic heterocycles. The fourth-order valence-electron chi connectivity index (χ4n) is 4.27. The summed E-state index contributed by atoms with van der Waals surface area (Å²) in [6.07, 6.45) is 4.03. The molecule has 1 aliphatic carbocycles. The third-order valence-electron chi connectivity index (χ3n) is 6.14. The summed E-state index contributed by atoms with van der Waals surface area (Å²) >= 11 is 5.93. The van der Waals surface area contributed by atoms with Crippen LogP contribution < -0.4 is 25.8 Å². The van der Waals surface area contributed by atoms with E-state index in [9.17, 15) is 9.18 Å². The van der Waals surface area contributed by atoms with Crippen LogP contribution in [-0.2, 0) is 9.53 Å². The predicted octanol–water partition coefficient (Wildman–Crippen LogP) is 4.47. The number of anilines is 2. The first kappa shape index (κ1) is 26.4. The molecule has 0 spiro atoms. The van der Waals surface area contributed by atoms with Crippen LogP contribution in [0.1, 0.15) is 25.7 Å². The number of nitrogens with two attached hydrogens (primary N) is 1. The Morgan fingerprint density at radius 3 is 2.68 bits per heavy atom. The standard InChI is InChI=1S/C26H29ClFN5O4/c1-35-21-13-20-17(25(32-14-31-20)33-19-5-3-4-18(27)23(19)28)12-22(21)37-16-8-6-15(7-9-16)24(26(34)36-2)30-11-10-29/h3-5,12-14,16,30H,6-11,29H2,1-2H3,(H,31,32,33). The van der Waals surface area contributed by atoms with Gasteiger partial charge in [0.1, 0.15) is 17.8 Å². The largest absolute Gasteiger partial charge is 0.493 e. The van der Waals surface area contributed by atoms with Crippen LogP contribution >= 0.6 is 11.6 Å². The molecule has 11 heteroatoms. The van der Waals surface area contributed by atoms with Gasteiger partial charge in [-0.3, -0.25) is 0 Å². The Morgan fingerprint density at radius 1 is 1.19 bits per heavy atom. The number of allylic oxidation sites excluding steroid dienone is 1. The molecule has 0 bridgehead atoms. The molecule has 0 aliphatic heterocycles. The summed E-state index contributed by atoms with van der Waals surface area (Å²) in [5, 5.41) is 6.73. The van der Waals surface area contributed by atoms with E-state index in [2.05, 4.69) is 20.6 Å². The van der Waals surface area contributed by atoms with Crippen LogP contribution in [0.2, 0.25) is 5.02 Å². The zero-order chi connectivity index (χ0) is 26.4. The third-order valence-corrected chi connectivity index (χ3v) is 6.44. The molecule has 4 N–H and O–H groups in total. The average Bonchev–Trinajstić information content (AvgIpc) is 2.92. The van der Waals surface area contributed by atoms with Gasteiger partial charge in [-0.15, -0.1) is 0 Å². The third kappa shape index (κ3) is 6.03. The second-order valence-corrected chi connectivity index (χ2v) is 8.88. The van der Waals surface area contributed by atoms with E-state index in [-0.39, 0.29) is 16.8 Å². The van der Waals surface area contributed by atoms with Crippen LogP contribution in [0.3, 0.4) is 0 Å². The summed E-state index contributed by atoms with van der Waals surface area (Å²) < 4.78 is 31.3. The SMILES string of the molecule is COC(=O)C(NCCN)=C1CCC(Oc2cc3c(Nc4cccc(Cl)c4F)ncnc3cc2OC)CC1. The molecule has 3 aromatic rings. The fraction of sp³-hybridized carbons (Fsp3) is 0.346. The van der Waals surface area contributed by atoms with Gasteiger partial charge in [0.25, 0.3) is 0 Å². The van der Waals surface area contributed by atoms with E-state index in [1.165, 1.54) is 19.5 Å². The van der Waals surface area contributed by atoms with Gasteiger partial charge >= 0.3 is 5.97 Å². The zero-order valence-corrected chi connectivity index (χ0v) is 21.4. The molecule has 0 atom stereocenters. The highest BCUT2D eigenvalue weighted by Gasteiger charge is 2.25. The van der Waals surface area contributed by atoms with Crippen molar-refractivity contribution in [2.45, 2.75) is 31.8 Å². The lowest BCUT2D eigenvalue weighted by Gasteiger charge is -2.27. The Bertz CT molecular complexity index is 1310. The molecule has 0 saturated heterocycles. The van der Waals surface area contributed by atoms with Gasteiger partial charge in [-0.05, 0) is 49.5 Å². The maximum absolute atomic E-state index is 14.5. The zero-order valence-electron chi connectivity index (χ0n) is 20.6. The molecule has 1 saturated carbocycles. The van der Waals surface area contributed by atoms with Crippen LogP contribution in [-0.4, -0.2) is 49.4 Å². The number of hydrogen-bond acceptors (Lipinski definition) is 9. The monoisotopic (exact) mass is 529 g/mol. The molecule has 1 aliphatic rings. The van der Waals surface area contributed by atoms with Crippen molar-refractivity contribution in [2.75, 3.05) is 32.6 Å². The van der Waals surface area contributed by atoms with Crippen LogP contribution in [0.5, 0.6) is 11.5 Å². The number of carbonyl (C=O) groups excluding carboxylic acids is 1. The number of esters is 1. The minimum atomic E-state index is -0.570. The number of methoxy groups -OCH3 is 2. The van der Waals surface area contributed by atoms with Crippen molar-refractivity contribution in [1.82, 2.24) is 15.3 Å². The van der Waals surface area contributed by atoms with Crippen molar-refractivity contribution in [1.29, 1.82) is 0 Å². The van der Waals surface area contributed by atoms with Crippen molar-refractivity contribution in [3.05, 3.63) is 58.8 Å². The molecular weight excluding hydrogens is 501 g/mol. The highest BCUT2D eigenvalue weighted by Crippen LogP contribution is 2.38. The second-order valence-electron chi connectivity index (χ2n) is 8.47. The predicted molar refractivity (Wildman–Crippen MR) is 140 cm³/mol. The molecule has 1 heterocycles. The quantitative estimate of drug-likeness (QED) is 0.272. The van der Waals surface area contributed by atoms with Crippen molar-refractivity contribution in [3.8, 4) is 11.5 Å². The van der Waals surface area contributed by atoms with E-state index in [0.29, 0.717) is 72.7 Å². The Labute approximate surface area is 219 Å². The van der Waals surface area contributed by atoms with Gasteiger partial charge < -0.3 is 30.6 Å². The molecular formula is C26H29ClFN5O4. The fourth-order valence-corrected chi connectivity index (χ4v) is 4.45. The van der Waals surface area contributed by atoms with Crippen molar-refractivity contribution >= 4 is 40.0 Å². The highest BCUT2D eigenvalue weighted by atomic mass is 35.5. The van der Waals surface area contributed by atoms with E-state index in [0.717, 1.165) is 5.57 Å². The summed E-state index contributed by atoms with van der Waals surface area (Å²) in [5.74, 6) is 0.481. The topological polar surface area (TPSA) is 121 Å². The minimum absolute atomic E-state index is 0.00774. The van der Waals surface area contributed by atoms with E-state index >= 15 is 0 Å². The molecule has 196 valence electrons. The highest BCUT2D eigenvalue weighted by molar-refractivity contribution is 6.31. The van der Waals surface area contributed by atoms with Gasteiger partial charge in [0.2, 0.25) is 0 Å². The smallest absolute Gasteiger partial charge is 0.354 e. The van der Waals surface area contributed by atoms with Crippen LogP contribution in [0.4, 0.5) is 15.9 Å². The number of carbonyl (C=O) groups is 1. The first-order chi connectivity index (χ1) is 17.9. The molecule has 0 amide bonds. The van der Waals surface area contributed by atoms with Gasteiger partial charge in [-0.1, -0.05) is 17.7 Å². The summed E-state index contributed by atoms with van der Waals surface area (Å²) in [5.41, 5.74) is 7.86. The number of nitrogens with zero attached hydrogens (tertiary/aromatic N) is 2. The number of nitrogens with one attached hydrogen (secondary N) is 2. The Balaban J connectivity index is 1.57. The van der Waals surface area contributed by atoms with Crippen molar-refractivity contribution in [3.63, 3.8) is 0 Å². The summed E-state index contributed by atoms with van der Waals surface area (Å²) in [6, 6.07) is 8.25. The minimum Gasteiger partial charge on any atom is -0.493 e. The first-order valence-corrected chi connectivity index (χ1v) is 12.3. The maximum atomic E-state index is 14.5. The lowest BCUT2D eigenvalue weighted by atomic mass is 9.91. The van der Waals surface area contributed by atoms with Gasteiger partial charge in [-0.2, -0.15) is 0 Å². The van der Waals surface area contributed by atoms with E-state index in [1.54, 1.807) is 31.4 Å². The van der Waals surface area contributed by atoms with Gasteiger partial charge in [0.05, 0.1) is 36.6 Å². The molecule has 0 unspecified atom stereocenters. The number of rotatable bonds is 9. The van der Waals surface area contributed by atoms with E-state index in [4.69, 9.17) is 31.5 Å². The number of fused-ring (bicyclic) bond motifs is 1. The molecule has 9 nitrogen and oxygen atoms in total. The van der Waals surface area contributed by atoms with Crippen LogP contribution in [0.15, 0.2) is 47.9 Å². The summed E-state index contributed by atoms with van der Waals surface area (Å²) in [4.78, 5) is 20.8. The van der Waals surface area contributed by atoms with E-state index < -0.39 is 11.8 Å². The second kappa shape index (κ2) is 12.1. The van der Waals surface area contributed by atoms with Crippen LogP contribution in [0, 0.1) is 5.82 Å². The number of benzene rings is 2. The Hall–Kier alpha value is -3.63. The lowest BCUT2D eigenvalue weighted by Crippen LogP contribution is -2.30. The Morgan fingerprint density at radius 2 is 1.97 bits per heavy atom. The normalized spacial score (nSPS) is 15.3. The summed E-state index contributed by atoms with van der Waals surface area (Å²) in [6.45, 7) is 0.894. The van der Waals surface area contributed by atoms with Crippen LogP contribution in [0.25, 0.3) is 10.9 Å². The molecule has 1 fully saturated rings. The summed E-state index contributed by atoms with van der Waals surface area (Å²) in [7, 11) is 2.92. The lowest BCUT2D eigenvalue weighted by molar-refractivity contribution is -0.136. The average molecular weight is 530 g/mol. The molecule has 0 radical (unpaired) electrons. The Kier molecular flexibility index (Phi) is 8.62. The number of halogens is 2.